The highest BCUT2D eigenvalue weighted by molar-refractivity contribution is 7.80. The molecule has 2 aromatic carbocycles. The summed E-state index contributed by atoms with van der Waals surface area (Å²) in [5.41, 5.74) is 1.31. The highest BCUT2D eigenvalue weighted by Crippen LogP contribution is 2.23. The van der Waals surface area contributed by atoms with Gasteiger partial charge in [0.05, 0.1) is 16.7 Å². The van der Waals surface area contributed by atoms with Crippen molar-refractivity contribution in [2.45, 2.75) is 11.3 Å². The van der Waals surface area contributed by atoms with Crippen molar-refractivity contribution >= 4 is 36.3 Å². The minimum Gasteiger partial charge on any atom is -0.339 e. The van der Waals surface area contributed by atoms with E-state index >= 15 is 0 Å². The molecule has 0 unspecified atom stereocenters. The van der Waals surface area contributed by atoms with E-state index in [0.717, 1.165) is 4.90 Å². The van der Waals surface area contributed by atoms with Gasteiger partial charge in [-0.1, -0.05) is 24.3 Å². The van der Waals surface area contributed by atoms with E-state index in [1.54, 1.807) is 52.3 Å². The van der Waals surface area contributed by atoms with Crippen LogP contribution in [0.1, 0.15) is 37.5 Å². The lowest BCUT2D eigenvalue weighted by Crippen LogP contribution is -2.51. The summed E-state index contributed by atoms with van der Waals surface area (Å²) in [4.78, 5) is 55.2. The first-order valence-electron chi connectivity index (χ1n) is 9.77. The molecule has 0 bridgehead atoms. The predicted octanol–water partition coefficient (Wildman–Crippen LogP) is 1.95. The number of piperazine rings is 1. The van der Waals surface area contributed by atoms with E-state index in [1.165, 1.54) is 0 Å². The van der Waals surface area contributed by atoms with Crippen molar-refractivity contribution in [1.29, 1.82) is 0 Å². The number of hydrogen-bond acceptors (Lipinski definition) is 5. The van der Waals surface area contributed by atoms with Crippen LogP contribution in [0.25, 0.3) is 0 Å². The number of fused-ring (bicyclic) bond motifs is 1. The van der Waals surface area contributed by atoms with E-state index in [9.17, 15) is 19.2 Å². The quantitative estimate of drug-likeness (QED) is 0.602. The Morgan fingerprint density at radius 3 is 1.93 bits per heavy atom. The molecular formula is C22H21N3O4S. The second kappa shape index (κ2) is 8.31. The maximum absolute atomic E-state index is 12.7. The monoisotopic (exact) mass is 423 g/mol. The average Bonchev–Trinajstić information content (AvgIpc) is 3.02. The topological polar surface area (TPSA) is 78.0 Å². The Bertz CT molecular complexity index is 996. The molecule has 2 aliphatic rings. The molecule has 1 fully saturated rings. The lowest BCUT2D eigenvalue weighted by Gasteiger charge is -2.35. The van der Waals surface area contributed by atoms with Gasteiger partial charge in [0, 0.05) is 44.0 Å². The van der Waals surface area contributed by atoms with Gasteiger partial charge < -0.3 is 9.80 Å². The number of nitrogens with zero attached hydrogens (tertiary/aromatic N) is 3. The summed E-state index contributed by atoms with van der Waals surface area (Å²) in [6, 6.07) is 13.8. The fourth-order valence-electron chi connectivity index (χ4n) is 3.79. The van der Waals surface area contributed by atoms with Crippen LogP contribution in [0.2, 0.25) is 0 Å². The maximum Gasteiger partial charge on any atom is 0.261 e. The molecule has 4 amide bonds. The minimum atomic E-state index is -0.357. The van der Waals surface area contributed by atoms with Gasteiger partial charge in [0.25, 0.3) is 17.7 Å². The first-order valence-corrected chi connectivity index (χ1v) is 10.2. The molecule has 30 heavy (non-hydrogen) atoms. The van der Waals surface area contributed by atoms with Crippen LogP contribution in [0.5, 0.6) is 0 Å². The summed E-state index contributed by atoms with van der Waals surface area (Å²) in [5.74, 6) is -0.944. The van der Waals surface area contributed by atoms with E-state index < -0.39 is 0 Å². The van der Waals surface area contributed by atoms with Crippen molar-refractivity contribution in [2.75, 3.05) is 32.7 Å². The number of rotatable bonds is 4. The number of imide groups is 1. The van der Waals surface area contributed by atoms with E-state index in [2.05, 4.69) is 12.6 Å². The van der Waals surface area contributed by atoms with Crippen molar-refractivity contribution in [3.63, 3.8) is 0 Å². The van der Waals surface area contributed by atoms with Crippen LogP contribution < -0.4 is 0 Å². The molecule has 0 atom stereocenters. The molecule has 2 heterocycles. The van der Waals surface area contributed by atoms with Crippen molar-refractivity contribution in [3.05, 3.63) is 65.2 Å². The van der Waals surface area contributed by atoms with E-state index in [-0.39, 0.29) is 36.6 Å². The van der Waals surface area contributed by atoms with Gasteiger partial charge >= 0.3 is 0 Å². The van der Waals surface area contributed by atoms with Gasteiger partial charge in [0.2, 0.25) is 5.91 Å². The first-order chi connectivity index (χ1) is 14.5. The Balaban J connectivity index is 1.30. The third-order valence-corrected chi connectivity index (χ3v) is 5.87. The lowest BCUT2D eigenvalue weighted by atomic mass is 10.1. The Kier molecular flexibility index (Phi) is 5.59. The largest absolute Gasteiger partial charge is 0.339 e. The summed E-state index contributed by atoms with van der Waals surface area (Å²) in [7, 11) is 0. The minimum absolute atomic E-state index is 0.0529. The van der Waals surface area contributed by atoms with E-state index in [0.29, 0.717) is 47.8 Å². The normalized spacial score (nSPS) is 16.1. The van der Waals surface area contributed by atoms with Crippen LogP contribution in [-0.2, 0) is 4.79 Å². The van der Waals surface area contributed by atoms with Gasteiger partial charge in [-0.05, 0) is 24.3 Å². The molecule has 1 saturated heterocycles. The zero-order valence-corrected chi connectivity index (χ0v) is 17.2. The first kappa shape index (κ1) is 20.2. The predicted molar refractivity (Wildman–Crippen MR) is 113 cm³/mol. The maximum atomic E-state index is 12.7. The molecule has 0 aromatic heterocycles. The van der Waals surface area contributed by atoms with Gasteiger partial charge in [0.15, 0.2) is 0 Å². The molecule has 0 saturated carbocycles. The van der Waals surface area contributed by atoms with Crippen LogP contribution in [-0.4, -0.2) is 71.1 Å². The number of hydrogen-bond donors (Lipinski definition) is 1. The number of carbonyl (C=O) groups excluding carboxylic acids is 4. The number of thiol groups is 1. The summed E-state index contributed by atoms with van der Waals surface area (Å²) in [5, 5.41) is 0. The molecule has 0 aliphatic carbocycles. The van der Waals surface area contributed by atoms with E-state index in [1.807, 2.05) is 6.07 Å². The zero-order chi connectivity index (χ0) is 21.3. The highest BCUT2D eigenvalue weighted by Gasteiger charge is 2.35. The van der Waals surface area contributed by atoms with Crippen LogP contribution in [0.3, 0.4) is 0 Å². The standard InChI is InChI=1S/C22H21N3O4S/c26-19(9-10-25-21(28)15-5-1-2-6-16(15)22(25)29)23-11-13-24(14-12-23)20(27)17-7-3-4-8-18(17)30/h1-8,30H,9-14H2. The van der Waals surface area contributed by atoms with Crippen molar-refractivity contribution in [2.24, 2.45) is 0 Å². The molecule has 7 nitrogen and oxygen atoms in total. The third-order valence-electron chi connectivity index (χ3n) is 5.48. The Labute approximate surface area is 179 Å². The van der Waals surface area contributed by atoms with Gasteiger partial charge in [-0.15, -0.1) is 12.6 Å². The molecule has 2 aromatic rings. The summed E-state index contributed by atoms with van der Waals surface area (Å²) in [6.07, 6.45) is 0.0683. The van der Waals surface area contributed by atoms with Crippen LogP contribution in [0.4, 0.5) is 0 Å². The molecular weight excluding hydrogens is 402 g/mol. The fourth-order valence-corrected chi connectivity index (χ4v) is 4.05. The van der Waals surface area contributed by atoms with Crippen molar-refractivity contribution < 1.29 is 19.2 Å². The summed E-state index contributed by atoms with van der Waals surface area (Å²) < 4.78 is 0. The van der Waals surface area contributed by atoms with Gasteiger partial charge in [-0.2, -0.15) is 0 Å². The zero-order valence-electron chi connectivity index (χ0n) is 16.3. The third kappa shape index (κ3) is 3.70. The van der Waals surface area contributed by atoms with Gasteiger partial charge in [-0.3, -0.25) is 24.1 Å². The van der Waals surface area contributed by atoms with E-state index in [4.69, 9.17) is 0 Å². The van der Waals surface area contributed by atoms with Crippen LogP contribution in [0.15, 0.2) is 53.4 Å². The number of amides is 4. The van der Waals surface area contributed by atoms with Crippen LogP contribution >= 0.6 is 12.6 Å². The Morgan fingerprint density at radius 2 is 1.33 bits per heavy atom. The Morgan fingerprint density at radius 1 is 0.800 bits per heavy atom. The summed E-state index contributed by atoms with van der Waals surface area (Å²) >= 11 is 4.34. The molecule has 0 spiro atoms. The van der Waals surface area contributed by atoms with Gasteiger partial charge in [-0.25, -0.2) is 0 Å². The molecule has 8 heteroatoms. The molecule has 2 aliphatic heterocycles. The SMILES string of the molecule is O=C(CCN1C(=O)c2ccccc2C1=O)N1CCN(C(=O)c2ccccc2S)CC1. The fraction of sp³-hybridized carbons (Fsp3) is 0.273. The Hall–Kier alpha value is -3.13. The highest BCUT2D eigenvalue weighted by atomic mass is 32.1. The number of benzene rings is 2. The summed E-state index contributed by atoms with van der Waals surface area (Å²) in [6.45, 7) is 1.75. The molecule has 4 rings (SSSR count). The molecule has 154 valence electrons. The molecule has 0 radical (unpaired) electrons. The molecule has 0 N–H and O–H groups in total. The lowest BCUT2D eigenvalue weighted by molar-refractivity contribution is -0.132. The average molecular weight is 423 g/mol. The van der Waals surface area contributed by atoms with Crippen molar-refractivity contribution in [1.82, 2.24) is 14.7 Å². The number of carbonyl (C=O) groups is 4. The van der Waals surface area contributed by atoms with Crippen LogP contribution in [0, 0.1) is 0 Å². The smallest absolute Gasteiger partial charge is 0.261 e. The second-order valence-electron chi connectivity index (χ2n) is 7.25. The van der Waals surface area contributed by atoms with Crippen molar-refractivity contribution in [3.8, 4) is 0 Å². The van der Waals surface area contributed by atoms with Gasteiger partial charge in [0.1, 0.15) is 0 Å². The second-order valence-corrected chi connectivity index (χ2v) is 7.73.